The summed E-state index contributed by atoms with van der Waals surface area (Å²) in [6.07, 6.45) is 1.54. The van der Waals surface area contributed by atoms with E-state index in [9.17, 15) is 14.4 Å². The average Bonchev–Trinajstić information content (AvgIpc) is 3.09. The standard InChI is InChI=1S/C25H30N2O5/c1-4-11-31-15-24(29)27-17-8-10-19-18-9-7-16(26-23(28)5-2)12-20(18)22(21(19)13-17)14-32-25(30)6-3/h7-10,12-13,22H,4-6,11,14-15H2,1-3H3,(H,26,28)(H,27,29). The Morgan fingerprint density at radius 1 is 0.844 bits per heavy atom. The van der Waals surface area contributed by atoms with Gasteiger partial charge in [0.1, 0.15) is 13.2 Å². The minimum Gasteiger partial charge on any atom is -0.465 e. The van der Waals surface area contributed by atoms with E-state index in [0.717, 1.165) is 28.7 Å². The highest BCUT2D eigenvalue weighted by atomic mass is 16.5. The lowest BCUT2D eigenvalue weighted by Gasteiger charge is -2.16. The van der Waals surface area contributed by atoms with Gasteiger partial charge in [-0.2, -0.15) is 0 Å². The largest absolute Gasteiger partial charge is 0.465 e. The van der Waals surface area contributed by atoms with Crippen LogP contribution in [0.5, 0.6) is 0 Å². The first-order valence-corrected chi connectivity index (χ1v) is 11.1. The minimum absolute atomic E-state index is 0.00315. The number of benzene rings is 2. The van der Waals surface area contributed by atoms with Crippen LogP contribution in [0, 0.1) is 0 Å². The van der Waals surface area contributed by atoms with Gasteiger partial charge in [-0.3, -0.25) is 14.4 Å². The zero-order valence-electron chi connectivity index (χ0n) is 18.8. The fraction of sp³-hybridized carbons (Fsp3) is 0.400. The normalized spacial score (nSPS) is 13.8. The molecule has 2 aromatic carbocycles. The summed E-state index contributed by atoms with van der Waals surface area (Å²) in [5.41, 5.74) is 5.36. The maximum atomic E-state index is 12.2. The molecule has 0 bridgehead atoms. The molecule has 0 fully saturated rings. The molecule has 1 aliphatic carbocycles. The quantitative estimate of drug-likeness (QED) is 0.422. The van der Waals surface area contributed by atoms with Gasteiger partial charge in [0.25, 0.3) is 0 Å². The molecule has 3 rings (SSSR count). The second-order valence-corrected chi connectivity index (χ2v) is 7.70. The van der Waals surface area contributed by atoms with Crippen LogP contribution in [0.25, 0.3) is 11.1 Å². The van der Waals surface area contributed by atoms with Gasteiger partial charge in [-0.15, -0.1) is 0 Å². The summed E-state index contributed by atoms with van der Waals surface area (Å²) >= 11 is 0. The SMILES string of the molecule is CCCOCC(=O)Nc1ccc2c(c1)C(COC(=O)CC)c1cc(NC(=O)CC)ccc1-2. The third kappa shape index (κ3) is 5.53. The van der Waals surface area contributed by atoms with Gasteiger partial charge >= 0.3 is 5.97 Å². The lowest BCUT2D eigenvalue weighted by molar-refractivity contribution is -0.143. The molecular formula is C25H30N2O5. The molecule has 0 saturated heterocycles. The van der Waals surface area contributed by atoms with Crippen LogP contribution in [0.1, 0.15) is 57.1 Å². The number of ether oxygens (including phenoxy) is 2. The Morgan fingerprint density at radius 2 is 1.44 bits per heavy atom. The number of hydrogen-bond donors (Lipinski definition) is 2. The first-order chi connectivity index (χ1) is 15.5. The Labute approximate surface area is 188 Å². The zero-order chi connectivity index (χ0) is 23.1. The van der Waals surface area contributed by atoms with Crippen molar-refractivity contribution in [3.05, 3.63) is 47.5 Å². The third-order valence-corrected chi connectivity index (χ3v) is 5.31. The summed E-state index contributed by atoms with van der Waals surface area (Å²) in [4.78, 5) is 35.8. The molecule has 7 heteroatoms. The van der Waals surface area contributed by atoms with E-state index in [1.807, 2.05) is 43.3 Å². The van der Waals surface area contributed by atoms with Crippen molar-refractivity contribution in [2.24, 2.45) is 0 Å². The lowest BCUT2D eigenvalue weighted by Crippen LogP contribution is -2.18. The predicted molar refractivity (Wildman–Crippen MR) is 124 cm³/mol. The molecule has 2 N–H and O–H groups in total. The molecule has 0 aromatic heterocycles. The molecule has 2 amide bonds. The number of rotatable bonds is 10. The van der Waals surface area contributed by atoms with Crippen molar-refractivity contribution in [3.63, 3.8) is 0 Å². The Balaban J connectivity index is 1.88. The Bertz CT molecular complexity index is 1000. The summed E-state index contributed by atoms with van der Waals surface area (Å²) in [6.45, 7) is 6.27. The van der Waals surface area contributed by atoms with E-state index in [-0.39, 0.29) is 36.9 Å². The van der Waals surface area contributed by atoms with Crippen LogP contribution in [0.15, 0.2) is 36.4 Å². The number of amides is 2. The van der Waals surface area contributed by atoms with Crippen LogP contribution in [0.4, 0.5) is 11.4 Å². The van der Waals surface area contributed by atoms with E-state index >= 15 is 0 Å². The lowest BCUT2D eigenvalue weighted by atomic mass is 9.97. The van der Waals surface area contributed by atoms with Gasteiger partial charge in [0.2, 0.25) is 11.8 Å². The van der Waals surface area contributed by atoms with E-state index in [0.29, 0.717) is 30.8 Å². The van der Waals surface area contributed by atoms with Gasteiger partial charge in [-0.1, -0.05) is 32.9 Å². The second kappa shape index (κ2) is 10.9. The Morgan fingerprint density at radius 3 is 1.97 bits per heavy atom. The number of hydrogen-bond acceptors (Lipinski definition) is 5. The summed E-state index contributed by atoms with van der Waals surface area (Å²) < 4.78 is 10.8. The summed E-state index contributed by atoms with van der Waals surface area (Å²) in [6, 6.07) is 11.5. The average molecular weight is 439 g/mol. The third-order valence-electron chi connectivity index (χ3n) is 5.31. The molecule has 32 heavy (non-hydrogen) atoms. The van der Waals surface area contributed by atoms with Crippen molar-refractivity contribution in [3.8, 4) is 11.1 Å². The maximum Gasteiger partial charge on any atom is 0.305 e. The van der Waals surface area contributed by atoms with Crippen LogP contribution in [-0.2, 0) is 23.9 Å². The first-order valence-electron chi connectivity index (χ1n) is 11.1. The molecule has 1 aliphatic rings. The fourth-order valence-corrected chi connectivity index (χ4v) is 3.73. The van der Waals surface area contributed by atoms with Gasteiger partial charge in [0, 0.05) is 36.7 Å². The molecule has 0 aliphatic heterocycles. The van der Waals surface area contributed by atoms with E-state index in [1.54, 1.807) is 13.8 Å². The molecule has 170 valence electrons. The van der Waals surface area contributed by atoms with Crippen molar-refractivity contribution >= 4 is 29.2 Å². The number of anilines is 2. The minimum atomic E-state index is -0.270. The van der Waals surface area contributed by atoms with Crippen LogP contribution in [-0.4, -0.2) is 37.6 Å². The number of nitrogens with one attached hydrogen (secondary N) is 2. The predicted octanol–water partition coefficient (Wildman–Crippen LogP) is 4.47. The molecule has 0 spiro atoms. The number of fused-ring (bicyclic) bond motifs is 3. The molecule has 2 aromatic rings. The van der Waals surface area contributed by atoms with E-state index < -0.39 is 0 Å². The van der Waals surface area contributed by atoms with E-state index in [2.05, 4.69) is 10.6 Å². The van der Waals surface area contributed by atoms with Crippen LogP contribution in [0.3, 0.4) is 0 Å². The van der Waals surface area contributed by atoms with Crippen molar-refractivity contribution in [2.75, 3.05) is 30.5 Å². The van der Waals surface area contributed by atoms with Gasteiger partial charge in [0.15, 0.2) is 0 Å². The van der Waals surface area contributed by atoms with Gasteiger partial charge in [0.05, 0.1) is 0 Å². The van der Waals surface area contributed by atoms with Gasteiger partial charge in [-0.05, 0) is 52.9 Å². The summed E-state index contributed by atoms with van der Waals surface area (Å²) in [7, 11) is 0. The van der Waals surface area contributed by atoms with Crippen molar-refractivity contribution in [1.82, 2.24) is 0 Å². The van der Waals surface area contributed by atoms with Crippen LogP contribution in [0.2, 0.25) is 0 Å². The van der Waals surface area contributed by atoms with Crippen LogP contribution >= 0.6 is 0 Å². The van der Waals surface area contributed by atoms with Crippen molar-refractivity contribution in [1.29, 1.82) is 0 Å². The maximum absolute atomic E-state index is 12.2. The van der Waals surface area contributed by atoms with Gasteiger partial charge < -0.3 is 20.1 Å². The Kier molecular flexibility index (Phi) is 8.00. The summed E-state index contributed by atoms with van der Waals surface area (Å²) in [5, 5.41) is 5.76. The van der Waals surface area contributed by atoms with Crippen molar-refractivity contribution in [2.45, 2.75) is 46.0 Å². The highest BCUT2D eigenvalue weighted by Gasteiger charge is 2.30. The van der Waals surface area contributed by atoms with Crippen molar-refractivity contribution < 1.29 is 23.9 Å². The zero-order valence-corrected chi connectivity index (χ0v) is 18.8. The molecule has 0 heterocycles. The van der Waals surface area contributed by atoms with E-state index in [1.165, 1.54) is 0 Å². The second-order valence-electron chi connectivity index (χ2n) is 7.70. The Hall–Kier alpha value is -3.19. The molecule has 0 saturated carbocycles. The van der Waals surface area contributed by atoms with Gasteiger partial charge in [-0.25, -0.2) is 0 Å². The summed E-state index contributed by atoms with van der Waals surface area (Å²) in [5.74, 6) is -0.743. The molecular weight excluding hydrogens is 408 g/mol. The first kappa shape index (κ1) is 23.5. The molecule has 1 atom stereocenters. The number of carbonyl (C=O) groups excluding carboxylic acids is 3. The molecule has 1 unspecified atom stereocenters. The molecule has 0 radical (unpaired) electrons. The van der Waals surface area contributed by atoms with Crippen LogP contribution < -0.4 is 10.6 Å². The highest BCUT2D eigenvalue weighted by molar-refractivity contribution is 5.94. The monoisotopic (exact) mass is 438 g/mol. The highest BCUT2D eigenvalue weighted by Crippen LogP contribution is 2.46. The number of esters is 1. The molecule has 7 nitrogen and oxygen atoms in total. The van der Waals surface area contributed by atoms with E-state index in [4.69, 9.17) is 9.47 Å². The smallest absolute Gasteiger partial charge is 0.305 e. The number of carbonyl (C=O) groups is 3. The fourth-order valence-electron chi connectivity index (χ4n) is 3.73. The topological polar surface area (TPSA) is 93.7 Å².